The van der Waals surface area contributed by atoms with E-state index in [1.54, 1.807) is 17.2 Å². The van der Waals surface area contributed by atoms with Gasteiger partial charge in [-0.05, 0) is 43.8 Å². The molecule has 7 nitrogen and oxygen atoms in total. The minimum atomic E-state index is -0.420. The van der Waals surface area contributed by atoms with E-state index in [2.05, 4.69) is 9.97 Å². The topological polar surface area (TPSA) is 85.5 Å². The van der Waals surface area contributed by atoms with Gasteiger partial charge in [-0.15, -0.1) is 22.7 Å². The Morgan fingerprint density at radius 2 is 1.94 bits per heavy atom. The highest BCUT2D eigenvalue weighted by Crippen LogP contribution is 2.32. The van der Waals surface area contributed by atoms with Crippen LogP contribution in [0, 0.1) is 20.8 Å². The van der Waals surface area contributed by atoms with Gasteiger partial charge in [-0.3, -0.25) is 14.5 Å². The number of oxazole rings is 1. The summed E-state index contributed by atoms with van der Waals surface area (Å²) < 4.78 is 11.1. The Bertz CT molecular complexity index is 1290. The summed E-state index contributed by atoms with van der Waals surface area (Å²) in [6, 6.07) is 9.74. The van der Waals surface area contributed by atoms with Crippen LogP contribution in [0.2, 0.25) is 0 Å². The van der Waals surface area contributed by atoms with Crippen molar-refractivity contribution >= 4 is 45.4 Å². The highest BCUT2D eigenvalue weighted by molar-refractivity contribution is 7.14. The normalized spacial score (nSPS) is 10.9. The third-order valence-corrected chi connectivity index (χ3v) is 6.69. The van der Waals surface area contributed by atoms with Gasteiger partial charge in [0.05, 0.1) is 28.4 Å². The van der Waals surface area contributed by atoms with Crippen LogP contribution in [-0.4, -0.2) is 21.8 Å². The lowest BCUT2D eigenvalue weighted by atomic mass is 10.1. The molecule has 0 N–H and O–H groups in total. The minimum Gasteiger partial charge on any atom is -0.459 e. The molecule has 9 heteroatoms. The number of aryl methyl sites for hydroxylation is 3. The molecule has 0 spiro atoms. The van der Waals surface area contributed by atoms with Gasteiger partial charge < -0.3 is 9.15 Å². The number of carbonyl (C=O) groups is 2. The minimum absolute atomic E-state index is 0.0137. The van der Waals surface area contributed by atoms with E-state index in [1.807, 2.05) is 49.6 Å². The number of esters is 1. The van der Waals surface area contributed by atoms with E-state index in [4.69, 9.17) is 9.15 Å². The van der Waals surface area contributed by atoms with E-state index in [0.717, 1.165) is 21.7 Å². The lowest BCUT2D eigenvalue weighted by molar-refractivity contribution is -0.144. The molecule has 0 fully saturated rings. The van der Waals surface area contributed by atoms with Crippen LogP contribution in [0.4, 0.5) is 10.8 Å². The standard InChI is InChI=1S/C24H23N3O4S2/c1-14-7-8-20(15(2)10-14)27(17(4)28)24-25-18(13-33-24)12-30-22(29)11-19-16(3)31-23(26-19)21-6-5-9-32-21/h5-10,13H,11-12H2,1-4H3. The van der Waals surface area contributed by atoms with Gasteiger partial charge in [0.15, 0.2) is 5.13 Å². The summed E-state index contributed by atoms with van der Waals surface area (Å²) in [7, 11) is 0. The number of ether oxygens (including phenoxy) is 1. The molecule has 0 aliphatic rings. The number of thiazole rings is 1. The molecule has 4 aromatic rings. The van der Waals surface area contributed by atoms with Crippen molar-refractivity contribution in [1.29, 1.82) is 0 Å². The highest BCUT2D eigenvalue weighted by Gasteiger charge is 2.21. The van der Waals surface area contributed by atoms with E-state index in [9.17, 15) is 9.59 Å². The summed E-state index contributed by atoms with van der Waals surface area (Å²) in [5.41, 5.74) is 4.03. The van der Waals surface area contributed by atoms with Crippen LogP contribution in [0.1, 0.15) is 35.2 Å². The average Bonchev–Trinajstić information content (AvgIpc) is 3.50. The number of nitrogens with zero attached hydrogens (tertiary/aromatic N) is 3. The molecule has 0 radical (unpaired) electrons. The first-order chi connectivity index (χ1) is 15.8. The van der Waals surface area contributed by atoms with Gasteiger partial charge in [0, 0.05) is 12.3 Å². The van der Waals surface area contributed by atoms with Crippen molar-refractivity contribution in [3.8, 4) is 10.8 Å². The number of hydrogen-bond donors (Lipinski definition) is 0. The van der Waals surface area contributed by atoms with E-state index < -0.39 is 5.97 Å². The molecule has 3 aromatic heterocycles. The van der Waals surface area contributed by atoms with Crippen LogP contribution in [0.5, 0.6) is 0 Å². The summed E-state index contributed by atoms with van der Waals surface area (Å²) >= 11 is 2.85. The van der Waals surface area contributed by atoms with Crippen molar-refractivity contribution in [2.75, 3.05) is 4.90 Å². The number of anilines is 2. The summed E-state index contributed by atoms with van der Waals surface area (Å²) in [4.78, 5) is 36.2. The fourth-order valence-electron chi connectivity index (χ4n) is 3.37. The first-order valence-corrected chi connectivity index (χ1v) is 12.1. The summed E-state index contributed by atoms with van der Waals surface area (Å²) in [5.74, 6) is 0.543. The third-order valence-electron chi connectivity index (χ3n) is 4.96. The number of rotatable bonds is 7. The van der Waals surface area contributed by atoms with E-state index in [1.165, 1.54) is 29.6 Å². The second kappa shape index (κ2) is 9.68. The lowest BCUT2D eigenvalue weighted by Crippen LogP contribution is -2.23. The number of carbonyl (C=O) groups excluding carboxylic acids is 2. The first kappa shape index (κ1) is 22.9. The number of benzene rings is 1. The Kier molecular flexibility index (Phi) is 6.71. The van der Waals surface area contributed by atoms with Crippen LogP contribution in [-0.2, 0) is 27.4 Å². The fourth-order valence-corrected chi connectivity index (χ4v) is 4.88. The SMILES string of the molecule is CC(=O)N(c1nc(COC(=O)Cc2nc(-c3cccs3)oc2C)cs1)c1ccc(C)cc1C. The maximum atomic E-state index is 12.4. The molecule has 33 heavy (non-hydrogen) atoms. The zero-order valence-electron chi connectivity index (χ0n) is 18.7. The Morgan fingerprint density at radius 1 is 1.12 bits per heavy atom. The van der Waals surface area contributed by atoms with E-state index in [-0.39, 0.29) is 18.9 Å². The number of amides is 1. The molecule has 0 saturated heterocycles. The predicted molar refractivity (Wildman–Crippen MR) is 129 cm³/mol. The molecule has 0 bridgehead atoms. The van der Waals surface area contributed by atoms with Crippen LogP contribution < -0.4 is 4.90 Å². The molecular formula is C24H23N3O4S2. The monoisotopic (exact) mass is 481 g/mol. The van der Waals surface area contributed by atoms with Crippen molar-refractivity contribution in [3.63, 3.8) is 0 Å². The molecule has 0 unspecified atom stereocenters. The molecule has 1 amide bonds. The van der Waals surface area contributed by atoms with E-state index >= 15 is 0 Å². The molecule has 170 valence electrons. The number of aromatic nitrogens is 2. The second-order valence-electron chi connectivity index (χ2n) is 7.60. The molecule has 0 aliphatic carbocycles. The first-order valence-electron chi connectivity index (χ1n) is 10.3. The zero-order valence-corrected chi connectivity index (χ0v) is 20.4. The van der Waals surface area contributed by atoms with Gasteiger partial charge in [-0.2, -0.15) is 0 Å². The van der Waals surface area contributed by atoms with Gasteiger partial charge in [0.1, 0.15) is 12.4 Å². The zero-order chi connectivity index (χ0) is 23.5. The fraction of sp³-hybridized carbons (Fsp3) is 0.250. The Balaban J connectivity index is 1.41. The molecular weight excluding hydrogens is 458 g/mol. The maximum absolute atomic E-state index is 12.4. The quantitative estimate of drug-likeness (QED) is 0.312. The van der Waals surface area contributed by atoms with Crippen molar-refractivity contribution in [3.05, 3.63) is 69.4 Å². The maximum Gasteiger partial charge on any atom is 0.312 e. The van der Waals surface area contributed by atoms with Crippen molar-refractivity contribution < 1.29 is 18.7 Å². The van der Waals surface area contributed by atoms with Crippen LogP contribution in [0.3, 0.4) is 0 Å². The molecule has 3 heterocycles. The van der Waals surface area contributed by atoms with Crippen LogP contribution >= 0.6 is 22.7 Å². The summed E-state index contributed by atoms with van der Waals surface area (Å²) in [6.45, 7) is 7.27. The van der Waals surface area contributed by atoms with Crippen molar-refractivity contribution in [2.24, 2.45) is 0 Å². The lowest BCUT2D eigenvalue weighted by Gasteiger charge is -2.20. The average molecular weight is 482 g/mol. The predicted octanol–water partition coefficient (Wildman–Crippen LogP) is 5.76. The highest BCUT2D eigenvalue weighted by atomic mass is 32.1. The van der Waals surface area contributed by atoms with Crippen LogP contribution in [0.25, 0.3) is 10.8 Å². The number of thiophene rings is 1. The molecule has 0 saturated carbocycles. The summed E-state index contributed by atoms with van der Waals surface area (Å²) in [6.07, 6.45) is 0.0137. The second-order valence-corrected chi connectivity index (χ2v) is 9.39. The Morgan fingerprint density at radius 3 is 2.64 bits per heavy atom. The third kappa shape index (κ3) is 5.20. The van der Waals surface area contributed by atoms with Gasteiger partial charge in [-0.1, -0.05) is 23.8 Å². The van der Waals surface area contributed by atoms with Gasteiger partial charge in [0.25, 0.3) is 0 Å². The van der Waals surface area contributed by atoms with Gasteiger partial charge in [0.2, 0.25) is 11.8 Å². The molecule has 0 aliphatic heterocycles. The van der Waals surface area contributed by atoms with Gasteiger partial charge in [-0.25, -0.2) is 9.97 Å². The van der Waals surface area contributed by atoms with Crippen molar-refractivity contribution in [1.82, 2.24) is 9.97 Å². The van der Waals surface area contributed by atoms with Gasteiger partial charge >= 0.3 is 5.97 Å². The molecule has 4 rings (SSSR count). The Labute approximate surface area is 199 Å². The number of hydrogen-bond acceptors (Lipinski definition) is 8. The molecule has 1 aromatic carbocycles. The largest absolute Gasteiger partial charge is 0.459 e. The smallest absolute Gasteiger partial charge is 0.312 e. The summed E-state index contributed by atoms with van der Waals surface area (Å²) in [5, 5.41) is 4.27. The Hall–Kier alpha value is -3.30. The van der Waals surface area contributed by atoms with Crippen molar-refractivity contribution in [2.45, 2.75) is 40.7 Å². The molecule has 0 atom stereocenters. The van der Waals surface area contributed by atoms with E-state index in [0.29, 0.717) is 28.2 Å². The van der Waals surface area contributed by atoms with Crippen LogP contribution in [0.15, 0.2) is 45.5 Å².